The van der Waals surface area contributed by atoms with Crippen LogP contribution in [0.1, 0.15) is 65.4 Å². The Kier molecular flexibility index (Phi) is 3.00. The van der Waals surface area contributed by atoms with E-state index in [1.54, 1.807) is 0 Å². The smallest absolute Gasteiger partial charge is 0.123 e. The summed E-state index contributed by atoms with van der Waals surface area (Å²) in [6, 6.07) is 8.78. The molecule has 0 bridgehead atoms. The van der Waals surface area contributed by atoms with Gasteiger partial charge in [0.2, 0.25) is 0 Å². The standard InChI is InChI=1S/C21H30O/c1-19(2)11-7-12-21(4)17(19)10-13-20(3)15-8-5-6-9-16(15)22-14-18(20)21/h5-6,8-9,17-18H,7,10-14H2,1-4H3/t17-,18-,20-,21-/m0/s1. The van der Waals surface area contributed by atoms with Gasteiger partial charge in [0, 0.05) is 16.9 Å². The average molecular weight is 298 g/mol. The van der Waals surface area contributed by atoms with Crippen molar-refractivity contribution < 1.29 is 4.74 Å². The lowest BCUT2D eigenvalue weighted by atomic mass is 9.42. The van der Waals surface area contributed by atoms with Gasteiger partial charge >= 0.3 is 0 Å². The van der Waals surface area contributed by atoms with Crippen LogP contribution in [0.2, 0.25) is 0 Å². The highest BCUT2D eigenvalue weighted by Crippen LogP contribution is 2.66. The van der Waals surface area contributed by atoms with Gasteiger partial charge in [-0.15, -0.1) is 0 Å². The number of hydrogen-bond donors (Lipinski definition) is 0. The van der Waals surface area contributed by atoms with Crippen molar-refractivity contribution in [2.75, 3.05) is 6.61 Å². The van der Waals surface area contributed by atoms with E-state index in [-0.39, 0.29) is 0 Å². The first-order valence-electron chi connectivity index (χ1n) is 9.10. The second-order valence-electron chi connectivity index (χ2n) is 9.22. The summed E-state index contributed by atoms with van der Waals surface area (Å²) in [6.07, 6.45) is 6.86. The lowest BCUT2D eigenvalue weighted by molar-refractivity contribution is -0.123. The predicted octanol–water partition coefficient (Wildman–Crippen LogP) is 5.58. The van der Waals surface area contributed by atoms with E-state index in [9.17, 15) is 0 Å². The van der Waals surface area contributed by atoms with E-state index < -0.39 is 0 Å². The molecular weight excluding hydrogens is 268 g/mol. The van der Waals surface area contributed by atoms with Crippen LogP contribution in [-0.2, 0) is 5.41 Å². The Morgan fingerprint density at radius 2 is 1.73 bits per heavy atom. The summed E-state index contributed by atoms with van der Waals surface area (Å²) in [5.41, 5.74) is 2.69. The fourth-order valence-electron chi connectivity index (χ4n) is 6.58. The van der Waals surface area contributed by atoms with Crippen LogP contribution in [0.4, 0.5) is 0 Å². The summed E-state index contributed by atoms with van der Waals surface area (Å²) in [5, 5.41) is 0. The van der Waals surface area contributed by atoms with Crippen molar-refractivity contribution in [3.8, 4) is 5.75 Å². The van der Waals surface area contributed by atoms with Crippen LogP contribution in [0.15, 0.2) is 24.3 Å². The molecule has 0 unspecified atom stereocenters. The van der Waals surface area contributed by atoms with Crippen molar-refractivity contribution in [2.24, 2.45) is 22.7 Å². The van der Waals surface area contributed by atoms with Crippen molar-refractivity contribution in [1.82, 2.24) is 0 Å². The number of benzene rings is 1. The molecule has 1 heteroatoms. The van der Waals surface area contributed by atoms with Crippen LogP contribution in [0, 0.1) is 22.7 Å². The summed E-state index contributed by atoms with van der Waals surface area (Å²) in [5.74, 6) is 2.65. The highest BCUT2D eigenvalue weighted by Gasteiger charge is 2.60. The first-order valence-corrected chi connectivity index (χ1v) is 9.10. The van der Waals surface area contributed by atoms with E-state index in [4.69, 9.17) is 4.74 Å². The van der Waals surface area contributed by atoms with E-state index in [2.05, 4.69) is 52.0 Å². The first-order chi connectivity index (χ1) is 10.4. The minimum absolute atomic E-state index is 0.299. The molecule has 0 radical (unpaired) electrons. The Hall–Kier alpha value is -0.980. The van der Waals surface area contributed by atoms with Crippen LogP contribution in [0.3, 0.4) is 0 Å². The molecule has 1 aliphatic heterocycles. The number of ether oxygens (including phenoxy) is 1. The van der Waals surface area contributed by atoms with Gasteiger partial charge in [-0.25, -0.2) is 0 Å². The van der Waals surface area contributed by atoms with Crippen molar-refractivity contribution in [1.29, 1.82) is 0 Å². The van der Waals surface area contributed by atoms with Crippen molar-refractivity contribution in [2.45, 2.75) is 65.2 Å². The summed E-state index contributed by atoms with van der Waals surface area (Å²) in [7, 11) is 0. The van der Waals surface area contributed by atoms with Crippen molar-refractivity contribution in [3.05, 3.63) is 29.8 Å². The van der Waals surface area contributed by atoms with Gasteiger partial charge in [-0.1, -0.05) is 52.3 Å². The zero-order valence-electron chi connectivity index (χ0n) is 14.6. The third-order valence-corrected chi connectivity index (χ3v) is 7.70. The van der Waals surface area contributed by atoms with Crippen LogP contribution >= 0.6 is 0 Å². The van der Waals surface area contributed by atoms with Crippen molar-refractivity contribution >= 4 is 0 Å². The van der Waals surface area contributed by atoms with Gasteiger partial charge < -0.3 is 4.74 Å². The van der Waals surface area contributed by atoms with Gasteiger partial charge in [0.05, 0.1) is 6.61 Å². The highest BCUT2D eigenvalue weighted by atomic mass is 16.5. The number of hydrogen-bond acceptors (Lipinski definition) is 1. The Morgan fingerprint density at radius 1 is 0.955 bits per heavy atom. The maximum atomic E-state index is 6.24. The highest BCUT2D eigenvalue weighted by molar-refractivity contribution is 5.43. The van der Waals surface area contributed by atoms with E-state index >= 15 is 0 Å². The molecule has 1 aromatic rings. The Bertz CT molecular complexity index is 589. The summed E-state index contributed by atoms with van der Waals surface area (Å²) >= 11 is 0. The number of rotatable bonds is 0. The maximum absolute atomic E-state index is 6.24. The zero-order chi connectivity index (χ0) is 15.6. The van der Waals surface area contributed by atoms with E-state index in [0.717, 1.165) is 18.3 Å². The van der Waals surface area contributed by atoms with Gasteiger partial charge in [0.15, 0.2) is 0 Å². The first kappa shape index (κ1) is 14.6. The van der Waals surface area contributed by atoms with Crippen molar-refractivity contribution in [3.63, 3.8) is 0 Å². The molecule has 2 saturated carbocycles. The molecule has 2 aliphatic carbocycles. The van der Waals surface area contributed by atoms with Gasteiger partial charge in [0.25, 0.3) is 0 Å². The average Bonchev–Trinajstić information content (AvgIpc) is 2.46. The summed E-state index contributed by atoms with van der Waals surface area (Å²) < 4.78 is 6.24. The number of para-hydroxylation sites is 1. The molecule has 0 saturated heterocycles. The topological polar surface area (TPSA) is 9.23 Å². The van der Waals surface area contributed by atoms with Crippen LogP contribution < -0.4 is 4.74 Å². The molecule has 1 nitrogen and oxygen atoms in total. The summed E-state index contributed by atoms with van der Waals surface area (Å²) in [4.78, 5) is 0. The molecule has 0 aromatic heterocycles. The molecule has 120 valence electrons. The fourth-order valence-corrected chi connectivity index (χ4v) is 6.58. The van der Waals surface area contributed by atoms with E-state index in [1.807, 2.05) is 0 Å². The molecule has 22 heavy (non-hydrogen) atoms. The SMILES string of the molecule is CC1(C)CCC[C@]2(C)[C@H]3COc4ccccc4[C@]3(C)CC[C@@H]12. The van der Waals surface area contributed by atoms with Gasteiger partial charge in [-0.05, 0) is 48.5 Å². The Balaban J connectivity index is 1.81. The molecule has 1 aromatic carbocycles. The van der Waals surface area contributed by atoms with E-state index in [1.165, 1.54) is 37.7 Å². The van der Waals surface area contributed by atoms with Gasteiger partial charge in [0.1, 0.15) is 5.75 Å². The quantitative estimate of drug-likeness (QED) is 0.607. The second kappa shape index (κ2) is 4.52. The van der Waals surface area contributed by atoms with Crippen LogP contribution in [0.5, 0.6) is 5.75 Å². The van der Waals surface area contributed by atoms with Gasteiger partial charge in [-0.3, -0.25) is 0 Å². The lowest BCUT2D eigenvalue weighted by Crippen LogP contribution is -2.59. The number of fused-ring (bicyclic) bond motifs is 5. The van der Waals surface area contributed by atoms with Crippen LogP contribution in [0.25, 0.3) is 0 Å². The molecule has 4 atom stereocenters. The minimum Gasteiger partial charge on any atom is -0.493 e. The molecule has 1 heterocycles. The zero-order valence-corrected chi connectivity index (χ0v) is 14.6. The molecule has 2 fully saturated rings. The normalized spacial score (nSPS) is 42.5. The fraction of sp³-hybridized carbons (Fsp3) is 0.714. The molecule has 4 rings (SSSR count). The third-order valence-electron chi connectivity index (χ3n) is 7.70. The molecule has 0 amide bonds. The van der Waals surface area contributed by atoms with Crippen LogP contribution in [-0.4, -0.2) is 6.61 Å². The molecular formula is C21H30O. The van der Waals surface area contributed by atoms with Gasteiger partial charge in [-0.2, -0.15) is 0 Å². The largest absolute Gasteiger partial charge is 0.493 e. The lowest BCUT2D eigenvalue weighted by Gasteiger charge is -2.63. The molecule has 0 N–H and O–H groups in total. The molecule has 0 spiro atoms. The third kappa shape index (κ3) is 1.77. The molecule has 3 aliphatic rings. The maximum Gasteiger partial charge on any atom is 0.123 e. The summed E-state index contributed by atoms with van der Waals surface area (Å²) in [6.45, 7) is 11.0. The minimum atomic E-state index is 0.299. The Labute approximate surface area is 135 Å². The predicted molar refractivity (Wildman–Crippen MR) is 91.2 cm³/mol. The monoisotopic (exact) mass is 298 g/mol. The second-order valence-corrected chi connectivity index (χ2v) is 9.22. The Morgan fingerprint density at radius 3 is 2.55 bits per heavy atom. The van der Waals surface area contributed by atoms with E-state index in [0.29, 0.717) is 22.2 Å².